The first-order chi connectivity index (χ1) is 13.1. The number of halogens is 1. The number of benzene rings is 2. The second-order valence-electron chi connectivity index (χ2n) is 6.22. The molecule has 2 aromatic carbocycles. The number of hydrogen-bond donors (Lipinski definition) is 0. The monoisotopic (exact) mass is 376 g/mol. The Bertz CT molecular complexity index is 1090. The molecule has 0 saturated carbocycles. The molecule has 0 aliphatic rings. The van der Waals surface area contributed by atoms with Gasteiger partial charge >= 0.3 is 0 Å². The fourth-order valence-electron chi connectivity index (χ4n) is 2.88. The van der Waals surface area contributed by atoms with Crippen LogP contribution in [0.15, 0.2) is 69.5 Å². The van der Waals surface area contributed by atoms with Gasteiger partial charge in [0.25, 0.3) is 11.8 Å². The summed E-state index contributed by atoms with van der Waals surface area (Å²) in [5.41, 5.74) is 4.05. The summed E-state index contributed by atoms with van der Waals surface area (Å²) in [6.45, 7) is 3.73. The highest BCUT2D eigenvalue weighted by atomic mass is 35.5. The van der Waals surface area contributed by atoms with Crippen molar-refractivity contribution in [2.24, 2.45) is 0 Å². The average molecular weight is 377 g/mol. The van der Waals surface area contributed by atoms with Crippen molar-refractivity contribution < 1.29 is 8.83 Å². The van der Waals surface area contributed by atoms with Gasteiger partial charge in [0.2, 0.25) is 0 Å². The van der Waals surface area contributed by atoms with Crippen molar-refractivity contribution >= 4 is 22.7 Å². The fraction of sp³-hybridized carbons (Fsp3) is 0.0909. The number of hydrogen-bond acceptors (Lipinski definition) is 4. The summed E-state index contributed by atoms with van der Waals surface area (Å²) >= 11 is 6.38. The Morgan fingerprint density at radius 1 is 0.889 bits per heavy atom. The first kappa shape index (κ1) is 17.3. The van der Waals surface area contributed by atoms with Crippen molar-refractivity contribution in [2.45, 2.75) is 13.8 Å². The Morgan fingerprint density at radius 3 is 2.26 bits per heavy atom. The maximum atomic E-state index is 6.38. The first-order valence-corrected chi connectivity index (χ1v) is 8.92. The van der Waals surface area contributed by atoms with E-state index in [1.807, 2.05) is 50.2 Å². The molecule has 4 nitrogen and oxygen atoms in total. The molecule has 27 heavy (non-hydrogen) atoms. The van der Waals surface area contributed by atoms with E-state index in [2.05, 4.69) is 34.5 Å². The van der Waals surface area contributed by atoms with E-state index in [1.54, 1.807) is 6.08 Å². The van der Waals surface area contributed by atoms with E-state index in [4.69, 9.17) is 20.4 Å². The summed E-state index contributed by atoms with van der Waals surface area (Å²) in [5.74, 6) is 2.20. The molecule has 0 radical (unpaired) electrons. The highest BCUT2D eigenvalue weighted by Crippen LogP contribution is 2.29. The van der Waals surface area contributed by atoms with Gasteiger partial charge < -0.3 is 8.83 Å². The Balaban J connectivity index is 1.57. The van der Waals surface area contributed by atoms with Gasteiger partial charge in [-0.1, -0.05) is 66.2 Å². The van der Waals surface area contributed by atoms with E-state index in [-0.39, 0.29) is 5.89 Å². The fourth-order valence-corrected chi connectivity index (χ4v) is 3.08. The molecule has 0 saturated heterocycles. The molecule has 0 spiro atoms. The predicted octanol–water partition coefficient (Wildman–Crippen LogP) is 6.35. The summed E-state index contributed by atoms with van der Waals surface area (Å²) < 4.78 is 11.2. The summed E-state index contributed by atoms with van der Waals surface area (Å²) in [5, 5.41) is 8.51. The lowest BCUT2D eigenvalue weighted by atomic mass is 10.0. The topological polar surface area (TPSA) is 52.1 Å². The van der Waals surface area contributed by atoms with Gasteiger partial charge in [-0.2, -0.15) is 0 Å². The molecule has 4 rings (SSSR count). The zero-order chi connectivity index (χ0) is 18.8. The third-order valence-corrected chi connectivity index (χ3v) is 4.48. The van der Waals surface area contributed by atoms with E-state index in [0.29, 0.717) is 10.9 Å². The molecule has 2 aromatic heterocycles. The first-order valence-electron chi connectivity index (χ1n) is 8.54. The Kier molecular flexibility index (Phi) is 4.65. The summed E-state index contributed by atoms with van der Waals surface area (Å²) in [6, 6.07) is 20.2. The zero-order valence-corrected chi connectivity index (χ0v) is 15.7. The number of nitrogens with zero attached hydrogens (tertiary/aromatic N) is 2. The van der Waals surface area contributed by atoms with E-state index in [9.17, 15) is 0 Å². The van der Waals surface area contributed by atoms with E-state index in [1.165, 1.54) is 5.56 Å². The Labute approximate surface area is 162 Å². The van der Waals surface area contributed by atoms with Crippen LogP contribution >= 0.6 is 11.6 Å². The van der Waals surface area contributed by atoms with Crippen molar-refractivity contribution in [2.75, 3.05) is 0 Å². The lowest BCUT2D eigenvalue weighted by Gasteiger charge is -2.02. The number of furan rings is 1. The molecule has 0 aliphatic carbocycles. The molecule has 0 fully saturated rings. The predicted molar refractivity (Wildman–Crippen MR) is 107 cm³/mol. The molecule has 0 atom stereocenters. The van der Waals surface area contributed by atoms with Gasteiger partial charge in [0.1, 0.15) is 16.6 Å². The van der Waals surface area contributed by atoms with Gasteiger partial charge in [0, 0.05) is 0 Å². The zero-order valence-electron chi connectivity index (χ0n) is 14.9. The summed E-state index contributed by atoms with van der Waals surface area (Å²) in [4.78, 5) is 0. The van der Waals surface area contributed by atoms with Crippen LogP contribution in [0.25, 0.3) is 33.7 Å². The molecule has 0 aliphatic heterocycles. The van der Waals surface area contributed by atoms with Gasteiger partial charge in [-0.05, 0) is 42.7 Å². The molecule has 2 heterocycles. The quantitative estimate of drug-likeness (QED) is 0.416. The summed E-state index contributed by atoms with van der Waals surface area (Å²) in [6.07, 6.45) is 1.81. The van der Waals surface area contributed by atoms with Gasteiger partial charge in [-0.15, -0.1) is 10.2 Å². The van der Waals surface area contributed by atoms with Crippen LogP contribution in [-0.4, -0.2) is 10.2 Å². The van der Waals surface area contributed by atoms with Gasteiger partial charge in [0.15, 0.2) is 0 Å². The Morgan fingerprint density at radius 2 is 1.59 bits per heavy atom. The SMILES string of the molecule is Cc1cc(-c2nnc(/C(Cl)=C/c3ccc(-c4ccccc4)cc3)o2)c(C)o1. The van der Waals surface area contributed by atoms with Crippen LogP contribution in [0.2, 0.25) is 0 Å². The van der Waals surface area contributed by atoms with Gasteiger partial charge in [-0.25, -0.2) is 0 Å². The smallest absolute Gasteiger partial charge is 0.259 e. The van der Waals surface area contributed by atoms with Crippen LogP contribution in [0.5, 0.6) is 0 Å². The number of aryl methyl sites for hydroxylation is 2. The van der Waals surface area contributed by atoms with E-state index < -0.39 is 0 Å². The molecule has 0 bridgehead atoms. The van der Waals surface area contributed by atoms with Crippen LogP contribution < -0.4 is 0 Å². The molecule has 134 valence electrons. The van der Waals surface area contributed by atoms with Crippen LogP contribution in [0, 0.1) is 13.8 Å². The third kappa shape index (κ3) is 3.71. The average Bonchev–Trinajstić information content (AvgIpc) is 3.29. The molecule has 0 N–H and O–H groups in total. The van der Waals surface area contributed by atoms with Gasteiger partial charge in [-0.3, -0.25) is 0 Å². The second kappa shape index (κ2) is 7.25. The van der Waals surface area contributed by atoms with E-state index >= 15 is 0 Å². The number of aromatic nitrogens is 2. The lowest BCUT2D eigenvalue weighted by Crippen LogP contribution is -1.80. The normalized spacial score (nSPS) is 11.7. The van der Waals surface area contributed by atoms with Crippen molar-refractivity contribution in [1.82, 2.24) is 10.2 Å². The summed E-state index contributed by atoms with van der Waals surface area (Å²) in [7, 11) is 0. The molecule has 5 heteroatoms. The highest BCUT2D eigenvalue weighted by Gasteiger charge is 2.16. The van der Waals surface area contributed by atoms with Crippen molar-refractivity contribution in [1.29, 1.82) is 0 Å². The number of rotatable bonds is 4. The van der Waals surface area contributed by atoms with Crippen LogP contribution in [-0.2, 0) is 0 Å². The lowest BCUT2D eigenvalue weighted by molar-refractivity contribution is 0.502. The molecular weight excluding hydrogens is 360 g/mol. The maximum Gasteiger partial charge on any atom is 0.259 e. The molecule has 4 aromatic rings. The van der Waals surface area contributed by atoms with Crippen molar-refractivity contribution in [3.8, 4) is 22.6 Å². The second-order valence-corrected chi connectivity index (χ2v) is 6.63. The minimum absolute atomic E-state index is 0.275. The molecule has 0 unspecified atom stereocenters. The van der Waals surface area contributed by atoms with Crippen LogP contribution in [0.4, 0.5) is 0 Å². The van der Waals surface area contributed by atoms with E-state index in [0.717, 1.165) is 28.2 Å². The molecule has 0 amide bonds. The van der Waals surface area contributed by atoms with Crippen LogP contribution in [0.1, 0.15) is 23.0 Å². The van der Waals surface area contributed by atoms with Crippen molar-refractivity contribution in [3.63, 3.8) is 0 Å². The Hall–Kier alpha value is -3.11. The van der Waals surface area contributed by atoms with Crippen LogP contribution in [0.3, 0.4) is 0 Å². The minimum atomic E-state index is 0.275. The van der Waals surface area contributed by atoms with Gasteiger partial charge in [0.05, 0.1) is 5.56 Å². The van der Waals surface area contributed by atoms with Crippen molar-refractivity contribution in [3.05, 3.63) is 83.6 Å². The minimum Gasteiger partial charge on any atom is -0.466 e. The maximum absolute atomic E-state index is 6.38. The highest BCUT2D eigenvalue weighted by molar-refractivity contribution is 6.50. The third-order valence-electron chi connectivity index (χ3n) is 4.21. The standard InChI is InChI=1S/C22H17ClN2O2/c1-14-12-19(15(2)26-14)21-24-25-22(27-21)20(23)13-16-8-10-18(11-9-16)17-6-4-3-5-7-17/h3-13H,1-2H3/b20-13-. The largest absolute Gasteiger partial charge is 0.466 e. The molecular formula is C22H17ClN2O2.